The molecule has 2 N–H and O–H groups in total. The highest BCUT2D eigenvalue weighted by atomic mass is 19.1. The van der Waals surface area contributed by atoms with Gasteiger partial charge in [0.1, 0.15) is 17.5 Å². The number of nitrogens with zero attached hydrogens (tertiary/aromatic N) is 1. The lowest BCUT2D eigenvalue weighted by Crippen LogP contribution is -2.38. The molecule has 0 spiro atoms. The molecule has 0 radical (unpaired) electrons. The number of hydrogen-bond donors (Lipinski definition) is 2. The monoisotopic (exact) mass is 321 g/mol. The van der Waals surface area contributed by atoms with Gasteiger partial charge in [0.25, 0.3) is 0 Å². The van der Waals surface area contributed by atoms with E-state index in [1.807, 2.05) is 0 Å². The first-order chi connectivity index (χ1) is 11.1. The van der Waals surface area contributed by atoms with Crippen molar-refractivity contribution in [3.8, 4) is 0 Å². The molecule has 0 amide bonds. The molecule has 0 aromatic heterocycles. The molecule has 3 nitrogen and oxygen atoms in total. The Bertz CT molecular complexity index is 666. The Balaban J connectivity index is 1.85. The van der Waals surface area contributed by atoms with Crippen LogP contribution in [0.5, 0.6) is 0 Å². The van der Waals surface area contributed by atoms with Crippen LogP contribution in [0.15, 0.2) is 47.5 Å². The van der Waals surface area contributed by atoms with Crippen LogP contribution in [0.3, 0.4) is 0 Å². The SMILES string of the molecule is CN=C(NCCc1c(F)cccc1F)NCc1ccccc1F. The number of guanidine groups is 1. The molecule has 6 heteroatoms. The summed E-state index contributed by atoms with van der Waals surface area (Å²) in [6.45, 7) is 0.565. The Hall–Kier alpha value is -2.50. The maximum atomic E-state index is 13.5. The van der Waals surface area contributed by atoms with E-state index in [0.29, 0.717) is 18.1 Å². The number of rotatable bonds is 5. The van der Waals surface area contributed by atoms with Gasteiger partial charge in [-0.15, -0.1) is 0 Å². The summed E-state index contributed by atoms with van der Waals surface area (Å²) in [4.78, 5) is 3.99. The highest BCUT2D eigenvalue weighted by Gasteiger charge is 2.08. The van der Waals surface area contributed by atoms with E-state index in [1.165, 1.54) is 24.3 Å². The summed E-state index contributed by atoms with van der Waals surface area (Å²) >= 11 is 0. The fourth-order valence-electron chi connectivity index (χ4n) is 2.12. The third kappa shape index (κ3) is 4.74. The molecule has 0 heterocycles. The Labute approximate surface area is 133 Å². The van der Waals surface area contributed by atoms with Crippen LogP contribution >= 0.6 is 0 Å². The fraction of sp³-hybridized carbons (Fsp3) is 0.235. The minimum atomic E-state index is -0.568. The van der Waals surface area contributed by atoms with Crippen LogP contribution in [0.25, 0.3) is 0 Å². The molecule has 0 aliphatic carbocycles. The summed E-state index contributed by atoms with van der Waals surface area (Å²) in [7, 11) is 1.57. The molecule has 2 rings (SSSR count). The van der Waals surface area contributed by atoms with Gasteiger partial charge in [-0.1, -0.05) is 24.3 Å². The molecule has 0 aliphatic rings. The van der Waals surface area contributed by atoms with E-state index in [9.17, 15) is 13.2 Å². The minimum absolute atomic E-state index is 0.0320. The van der Waals surface area contributed by atoms with E-state index in [-0.39, 0.29) is 24.3 Å². The van der Waals surface area contributed by atoms with Crippen molar-refractivity contribution in [2.75, 3.05) is 13.6 Å². The van der Waals surface area contributed by atoms with Gasteiger partial charge in [0.15, 0.2) is 5.96 Å². The summed E-state index contributed by atoms with van der Waals surface area (Å²) in [5, 5.41) is 5.90. The first-order valence-corrected chi connectivity index (χ1v) is 7.22. The summed E-state index contributed by atoms with van der Waals surface area (Å²) in [5.74, 6) is -1.00. The van der Waals surface area contributed by atoms with Crippen LogP contribution in [-0.4, -0.2) is 19.6 Å². The molecule has 0 saturated heterocycles. The highest BCUT2D eigenvalue weighted by Crippen LogP contribution is 2.12. The third-order valence-corrected chi connectivity index (χ3v) is 3.36. The largest absolute Gasteiger partial charge is 0.356 e. The van der Waals surface area contributed by atoms with Crippen molar-refractivity contribution in [2.24, 2.45) is 4.99 Å². The number of nitrogens with one attached hydrogen (secondary N) is 2. The zero-order chi connectivity index (χ0) is 16.7. The van der Waals surface area contributed by atoms with Crippen LogP contribution in [-0.2, 0) is 13.0 Å². The fourth-order valence-corrected chi connectivity index (χ4v) is 2.12. The van der Waals surface area contributed by atoms with Crippen molar-refractivity contribution < 1.29 is 13.2 Å². The van der Waals surface area contributed by atoms with Gasteiger partial charge in [-0.3, -0.25) is 4.99 Å². The summed E-state index contributed by atoms with van der Waals surface area (Å²) < 4.78 is 40.6. The smallest absolute Gasteiger partial charge is 0.191 e. The van der Waals surface area contributed by atoms with Crippen LogP contribution < -0.4 is 10.6 Å². The normalized spacial score (nSPS) is 11.4. The van der Waals surface area contributed by atoms with E-state index < -0.39 is 11.6 Å². The Morgan fingerprint density at radius 2 is 1.57 bits per heavy atom. The minimum Gasteiger partial charge on any atom is -0.356 e. The average molecular weight is 321 g/mol. The lowest BCUT2D eigenvalue weighted by Gasteiger charge is -2.12. The maximum absolute atomic E-state index is 13.5. The first-order valence-electron chi connectivity index (χ1n) is 7.22. The summed E-state index contributed by atoms with van der Waals surface area (Å²) in [6.07, 6.45) is 0.179. The number of hydrogen-bond acceptors (Lipinski definition) is 1. The number of halogens is 3. The van der Waals surface area contributed by atoms with Crippen LogP contribution in [0.4, 0.5) is 13.2 Å². The van der Waals surface area contributed by atoms with Crippen molar-refractivity contribution >= 4 is 5.96 Å². The molecular formula is C17H18F3N3. The van der Waals surface area contributed by atoms with E-state index in [0.717, 1.165) is 0 Å². The van der Waals surface area contributed by atoms with Crippen molar-refractivity contribution in [3.05, 3.63) is 71.0 Å². The second-order valence-corrected chi connectivity index (χ2v) is 4.89. The zero-order valence-electron chi connectivity index (χ0n) is 12.7. The van der Waals surface area contributed by atoms with Gasteiger partial charge in [0.05, 0.1) is 0 Å². The Morgan fingerprint density at radius 1 is 0.913 bits per heavy atom. The third-order valence-electron chi connectivity index (χ3n) is 3.36. The molecule has 23 heavy (non-hydrogen) atoms. The van der Waals surface area contributed by atoms with Crippen molar-refractivity contribution in [3.63, 3.8) is 0 Å². The number of benzene rings is 2. The van der Waals surface area contributed by atoms with E-state index in [2.05, 4.69) is 15.6 Å². The van der Waals surface area contributed by atoms with Gasteiger partial charge in [-0.25, -0.2) is 13.2 Å². The topological polar surface area (TPSA) is 36.4 Å². The van der Waals surface area contributed by atoms with Crippen LogP contribution in [0.2, 0.25) is 0 Å². The summed E-state index contributed by atoms with van der Waals surface area (Å²) in [6, 6.07) is 10.2. The van der Waals surface area contributed by atoms with Gasteiger partial charge < -0.3 is 10.6 Å². The maximum Gasteiger partial charge on any atom is 0.191 e. The molecule has 0 bridgehead atoms. The lowest BCUT2D eigenvalue weighted by atomic mass is 10.1. The van der Waals surface area contributed by atoms with Gasteiger partial charge in [-0.2, -0.15) is 0 Å². The van der Waals surface area contributed by atoms with Crippen LogP contribution in [0.1, 0.15) is 11.1 Å². The molecule has 0 aliphatic heterocycles. The molecule has 2 aromatic rings. The van der Waals surface area contributed by atoms with Crippen molar-refractivity contribution in [1.29, 1.82) is 0 Å². The molecule has 0 unspecified atom stereocenters. The predicted molar refractivity (Wildman–Crippen MR) is 84.7 cm³/mol. The average Bonchev–Trinajstić information content (AvgIpc) is 2.54. The second-order valence-electron chi connectivity index (χ2n) is 4.89. The molecular weight excluding hydrogens is 303 g/mol. The highest BCUT2D eigenvalue weighted by molar-refractivity contribution is 5.79. The first kappa shape index (κ1) is 16.9. The predicted octanol–water partition coefficient (Wildman–Crippen LogP) is 3.01. The quantitative estimate of drug-likeness (QED) is 0.656. The van der Waals surface area contributed by atoms with E-state index >= 15 is 0 Å². The van der Waals surface area contributed by atoms with Gasteiger partial charge >= 0.3 is 0 Å². The summed E-state index contributed by atoms with van der Waals surface area (Å²) in [5.41, 5.74) is 0.542. The van der Waals surface area contributed by atoms with Crippen LogP contribution in [0, 0.1) is 17.5 Å². The Morgan fingerprint density at radius 3 is 2.22 bits per heavy atom. The molecule has 0 atom stereocenters. The van der Waals surface area contributed by atoms with Gasteiger partial charge in [-0.05, 0) is 24.6 Å². The molecule has 0 saturated carbocycles. The zero-order valence-corrected chi connectivity index (χ0v) is 12.7. The molecule has 0 fully saturated rings. The van der Waals surface area contributed by atoms with Crippen molar-refractivity contribution in [2.45, 2.75) is 13.0 Å². The Kier molecular flexibility index (Phi) is 6.02. The van der Waals surface area contributed by atoms with Crippen molar-refractivity contribution in [1.82, 2.24) is 10.6 Å². The molecule has 2 aromatic carbocycles. The van der Waals surface area contributed by atoms with E-state index in [1.54, 1.807) is 25.2 Å². The molecule has 122 valence electrons. The van der Waals surface area contributed by atoms with Gasteiger partial charge in [0.2, 0.25) is 0 Å². The standard InChI is InChI=1S/C17H18F3N3/c1-21-17(23-11-12-5-2-3-6-14(12)18)22-10-9-13-15(19)7-4-8-16(13)20/h2-8H,9-11H2,1H3,(H2,21,22,23). The van der Waals surface area contributed by atoms with E-state index in [4.69, 9.17) is 0 Å². The second kappa shape index (κ2) is 8.22. The number of aliphatic imine (C=N–C) groups is 1. The van der Waals surface area contributed by atoms with Gasteiger partial charge in [0, 0.05) is 31.3 Å². The lowest BCUT2D eigenvalue weighted by molar-refractivity contribution is 0.552.